The molecule has 7 nitrogen and oxygen atoms in total. The van der Waals surface area contributed by atoms with Gasteiger partial charge in [-0.05, 0) is 25.1 Å². The molecule has 0 amide bonds. The Hall–Kier alpha value is -3.27. The van der Waals surface area contributed by atoms with Crippen molar-refractivity contribution >= 4 is 29.1 Å². The molecule has 0 fully saturated rings. The van der Waals surface area contributed by atoms with Gasteiger partial charge in [-0.25, -0.2) is 9.78 Å². The van der Waals surface area contributed by atoms with Crippen molar-refractivity contribution in [2.45, 2.75) is 13.1 Å². The molecule has 0 saturated carbocycles. The van der Waals surface area contributed by atoms with Crippen molar-refractivity contribution in [3.8, 4) is 11.5 Å². The molecule has 0 aliphatic heterocycles. The lowest BCUT2D eigenvalue weighted by Gasteiger charge is -2.11. The average molecular weight is 424 g/mol. The molecule has 1 aromatic carbocycles. The number of halogens is 4. The molecule has 0 atom stereocenters. The van der Waals surface area contributed by atoms with E-state index in [2.05, 4.69) is 25.5 Å². The number of alkyl halides is 3. The second kappa shape index (κ2) is 8.39. The van der Waals surface area contributed by atoms with Crippen LogP contribution in [0.15, 0.2) is 42.6 Å². The van der Waals surface area contributed by atoms with Crippen LogP contribution < -0.4 is 5.32 Å². The van der Waals surface area contributed by atoms with Crippen molar-refractivity contribution < 1.29 is 22.7 Å². The Morgan fingerprint density at radius 2 is 1.93 bits per heavy atom. The maximum atomic E-state index is 12.8. The molecule has 0 unspecified atom stereocenters. The van der Waals surface area contributed by atoms with Gasteiger partial charge < -0.3 is 10.1 Å². The van der Waals surface area contributed by atoms with Gasteiger partial charge >= 0.3 is 12.1 Å². The fraction of sp³-hybridized carbons (Fsp3) is 0.167. The van der Waals surface area contributed by atoms with E-state index in [0.29, 0.717) is 11.9 Å². The first kappa shape index (κ1) is 20.5. The number of carbonyl (C=O) groups excluding carboxylic acids is 1. The lowest BCUT2D eigenvalue weighted by atomic mass is 10.2. The zero-order valence-corrected chi connectivity index (χ0v) is 15.6. The summed E-state index contributed by atoms with van der Waals surface area (Å²) in [5.41, 5.74) is -0.720. The number of carbonyl (C=O) groups is 1. The number of anilines is 2. The molecule has 0 aliphatic rings. The third kappa shape index (κ3) is 4.77. The number of aromatic nitrogens is 4. The SMILES string of the molecule is CCOC(=O)c1nnc(-c2ncc(C(F)(F)F)cc2Cl)nc1Nc1ccccc1. The number of benzene rings is 1. The Morgan fingerprint density at radius 1 is 1.21 bits per heavy atom. The Kier molecular flexibility index (Phi) is 5.92. The summed E-state index contributed by atoms with van der Waals surface area (Å²) < 4.78 is 43.4. The summed E-state index contributed by atoms with van der Waals surface area (Å²) in [5.74, 6) is -0.920. The lowest BCUT2D eigenvalue weighted by Crippen LogP contribution is -2.14. The van der Waals surface area contributed by atoms with Crippen molar-refractivity contribution in [1.29, 1.82) is 0 Å². The summed E-state index contributed by atoms with van der Waals surface area (Å²) in [7, 11) is 0. The highest BCUT2D eigenvalue weighted by Crippen LogP contribution is 2.33. The predicted molar refractivity (Wildman–Crippen MR) is 98.8 cm³/mol. The highest BCUT2D eigenvalue weighted by atomic mass is 35.5. The Labute approximate surface area is 167 Å². The highest BCUT2D eigenvalue weighted by molar-refractivity contribution is 6.32. The Balaban J connectivity index is 2.05. The van der Waals surface area contributed by atoms with E-state index in [9.17, 15) is 18.0 Å². The molecule has 0 aliphatic carbocycles. The highest BCUT2D eigenvalue weighted by Gasteiger charge is 2.32. The first-order valence-electron chi connectivity index (χ1n) is 8.26. The monoisotopic (exact) mass is 423 g/mol. The van der Waals surface area contributed by atoms with Gasteiger partial charge in [-0.1, -0.05) is 29.8 Å². The number of pyridine rings is 1. The zero-order valence-electron chi connectivity index (χ0n) is 14.9. The van der Waals surface area contributed by atoms with E-state index in [1.165, 1.54) is 0 Å². The molecule has 0 radical (unpaired) electrons. The summed E-state index contributed by atoms with van der Waals surface area (Å²) in [6, 6.07) is 9.48. The van der Waals surface area contributed by atoms with Gasteiger partial charge in [-0.3, -0.25) is 4.98 Å². The van der Waals surface area contributed by atoms with Crippen molar-refractivity contribution in [3.05, 3.63) is 58.9 Å². The van der Waals surface area contributed by atoms with E-state index in [1.807, 2.05) is 0 Å². The van der Waals surface area contributed by atoms with Gasteiger partial charge in [-0.2, -0.15) is 13.2 Å². The average Bonchev–Trinajstić information content (AvgIpc) is 2.68. The lowest BCUT2D eigenvalue weighted by molar-refractivity contribution is -0.137. The van der Waals surface area contributed by atoms with Crippen LogP contribution in [-0.2, 0) is 10.9 Å². The summed E-state index contributed by atoms with van der Waals surface area (Å²) in [5, 5.41) is 10.2. The second-order valence-electron chi connectivity index (χ2n) is 5.60. The molecular weight excluding hydrogens is 411 g/mol. The summed E-state index contributed by atoms with van der Waals surface area (Å²) in [6.45, 7) is 1.74. The minimum Gasteiger partial charge on any atom is -0.461 e. The van der Waals surface area contributed by atoms with E-state index >= 15 is 0 Å². The van der Waals surface area contributed by atoms with Gasteiger partial charge in [-0.15, -0.1) is 10.2 Å². The maximum absolute atomic E-state index is 12.8. The van der Waals surface area contributed by atoms with Gasteiger partial charge in [0.1, 0.15) is 5.69 Å². The standard InChI is InChI=1S/C18H13ClF3N5O2/c1-2-29-17(28)14-15(24-11-6-4-3-5-7-11)25-16(27-26-14)13-12(19)8-10(9-23-13)18(20,21)22/h3-9H,2H2,1H3,(H,24,25,27). The summed E-state index contributed by atoms with van der Waals surface area (Å²) >= 11 is 5.95. The normalized spacial score (nSPS) is 11.2. The van der Waals surface area contributed by atoms with Crippen LogP contribution in [0, 0.1) is 0 Å². The van der Waals surface area contributed by atoms with Crippen LogP contribution in [0.25, 0.3) is 11.5 Å². The van der Waals surface area contributed by atoms with Gasteiger partial charge in [0.2, 0.25) is 11.5 Å². The van der Waals surface area contributed by atoms with Gasteiger partial charge in [0.05, 0.1) is 17.2 Å². The van der Waals surface area contributed by atoms with Crippen LogP contribution in [0.1, 0.15) is 23.0 Å². The van der Waals surface area contributed by atoms with E-state index in [0.717, 1.165) is 6.07 Å². The summed E-state index contributed by atoms with van der Waals surface area (Å²) in [4.78, 5) is 20.0. The topological polar surface area (TPSA) is 89.9 Å². The van der Waals surface area contributed by atoms with Crippen molar-refractivity contribution in [3.63, 3.8) is 0 Å². The molecule has 2 aromatic heterocycles. The molecular formula is C18H13ClF3N5O2. The molecule has 3 rings (SSSR count). The molecule has 1 N–H and O–H groups in total. The quantitative estimate of drug-likeness (QED) is 0.603. The minimum atomic E-state index is -4.60. The number of para-hydroxylation sites is 1. The molecule has 0 bridgehead atoms. The number of nitrogens with zero attached hydrogens (tertiary/aromatic N) is 4. The fourth-order valence-electron chi connectivity index (χ4n) is 2.27. The number of ether oxygens (including phenoxy) is 1. The number of nitrogens with one attached hydrogen (secondary N) is 1. The fourth-order valence-corrected chi connectivity index (χ4v) is 2.52. The first-order valence-corrected chi connectivity index (χ1v) is 8.64. The third-order valence-corrected chi connectivity index (χ3v) is 3.86. The smallest absolute Gasteiger partial charge is 0.417 e. The van der Waals surface area contributed by atoms with Gasteiger partial charge in [0.25, 0.3) is 0 Å². The largest absolute Gasteiger partial charge is 0.461 e. The number of esters is 1. The van der Waals surface area contributed by atoms with Crippen LogP contribution in [0.4, 0.5) is 24.7 Å². The molecule has 0 spiro atoms. The minimum absolute atomic E-state index is 0.00239. The van der Waals surface area contributed by atoms with Crippen LogP contribution >= 0.6 is 11.6 Å². The first-order chi connectivity index (χ1) is 13.8. The molecule has 150 valence electrons. The number of hydrogen-bond acceptors (Lipinski definition) is 7. The van der Waals surface area contributed by atoms with Crippen LogP contribution in [0.3, 0.4) is 0 Å². The van der Waals surface area contributed by atoms with E-state index < -0.39 is 17.7 Å². The zero-order chi connectivity index (χ0) is 21.0. The van der Waals surface area contributed by atoms with Crippen molar-refractivity contribution in [2.75, 3.05) is 11.9 Å². The van der Waals surface area contributed by atoms with E-state index in [-0.39, 0.29) is 34.7 Å². The number of rotatable bonds is 5. The van der Waals surface area contributed by atoms with Crippen LogP contribution in [0.5, 0.6) is 0 Å². The van der Waals surface area contributed by atoms with Crippen LogP contribution in [0.2, 0.25) is 5.02 Å². The molecule has 3 aromatic rings. The van der Waals surface area contributed by atoms with E-state index in [4.69, 9.17) is 16.3 Å². The Bertz CT molecular complexity index is 1030. The molecule has 2 heterocycles. The molecule has 0 saturated heterocycles. The third-order valence-electron chi connectivity index (χ3n) is 3.57. The van der Waals surface area contributed by atoms with Gasteiger partial charge in [0, 0.05) is 11.9 Å². The number of hydrogen-bond donors (Lipinski definition) is 1. The molecule has 11 heteroatoms. The second-order valence-corrected chi connectivity index (χ2v) is 6.00. The van der Waals surface area contributed by atoms with E-state index in [1.54, 1.807) is 37.3 Å². The van der Waals surface area contributed by atoms with Crippen molar-refractivity contribution in [2.24, 2.45) is 0 Å². The van der Waals surface area contributed by atoms with Crippen LogP contribution in [-0.4, -0.2) is 32.7 Å². The Morgan fingerprint density at radius 3 is 2.55 bits per heavy atom. The van der Waals surface area contributed by atoms with Gasteiger partial charge in [0.15, 0.2) is 5.82 Å². The predicted octanol–water partition coefficient (Wildman–Crippen LogP) is 4.53. The summed E-state index contributed by atoms with van der Waals surface area (Å²) in [6.07, 6.45) is -3.98. The molecule has 29 heavy (non-hydrogen) atoms. The van der Waals surface area contributed by atoms with Crippen molar-refractivity contribution in [1.82, 2.24) is 20.2 Å². The maximum Gasteiger partial charge on any atom is 0.417 e.